The van der Waals surface area contributed by atoms with E-state index in [9.17, 15) is 9.59 Å². The molecule has 0 bridgehead atoms. The summed E-state index contributed by atoms with van der Waals surface area (Å²) >= 11 is 0. The molecule has 2 aromatic carbocycles. The molecule has 2 rings (SSSR count). The minimum Gasteiger partial charge on any atom is -0.340 e. The molecule has 0 saturated carbocycles. The molecular weight excluding hydrogens is 314 g/mol. The zero-order chi connectivity index (χ0) is 18.1. The van der Waals surface area contributed by atoms with Crippen LogP contribution in [0.15, 0.2) is 72.9 Å². The van der Waals surface area contributed by atoms with E-state index < -0.39 is 6.04 Å². The Morgan fingerprint density at radius 3 is 2.16 bits per heavy atom. The van der Waals surface area contributed by atoms with E-state index in [1.807, 2.05) is 43.3 Å². The number of allylic oxidation sites excluding steroid dienone is 1. The van der Waals surface area contributed by atoms with Crippen LogP contribution in [0.5, 0.6) is 0 Å². The van der Waals surface area contributed by atoms with Gasteiger partial charge in [-0.05, 0) is 24.1 Å². The van der Waals surface area contributed by atoms with Crippen LogP contribution in [0.1, 0.15) is 29.3 Å². The fraction of sp³-hybridized carbons (Fsp3) is 0.200. The first-order chi connectivity index (χ1) is 12.1. The van der Waals surface area contributed by atoms with Crippen molar-refractivity contribution in [3.05, 3.63) is 84.1 Å². The van der Waals surface area contributed by atoms with Gasteiger partial charge in [-0.3, -0.25) is 15.0 Å². The zero-order valence-corrected chi connectivity index (χ0v) is 14.3. The molecule has 5 heteroatoms. The third kappa shape index (κ3) is 5.80. The highest BCUT2D eigenvalue weighted by Crippen LogP contribution is 2.06. The molecule has 0 aliphatic heterocycles. The molecule has 5 nitrogen and oxygen atoms in total. The topological polar surface area (TPSA) is 70.2 Å². The number of amides is 2. The lowest BCUT2D eigenvalue weighted by Crippen LogP contribution is -2.51. The van der Waals surface area contributed by atoms with Crippen molar-refractivity contribution in [2.24, 2.45) is 0 Å². The van der Waals surface area contributed by atoms with Crippen molar-refractivity contribution >= 4 is 11.8 Å². The van der Waals surface area contributed by atoms with Crippen LogP contribution >= 0.6 is 0 Å². The zero-order valence-electron chi connectivity index (χ0n) is 14.3. The van der Waals surface area contributed by atoms with Crippen molar-refractivity contribution < 1.29 is 9.59 Å². The Balaban J connectivity index is 2.09. The van der Waals surface area contributed by atoms with Gasteiger partial charge in [0.15, 0.2) is 0 Å². The number of carbonyl (C=O) groups excluding carboxylic acids is 2. The Hall–Kier alpha value is -3.08. The first-order valence-corrected chi connectivity index (χ1v) is 8.23. The predicted octanol–water partition coefficient (Wildman–Crippen LogP) is 2.57. The van der Waals surface area contributed by atoms with Crippen molar-refractivity contribution in [1.29, 1.82) is 0 Å². The number of hydrogen-bond donors (Lipinski definition) is 3. The minimum atomic E-state index is -0.702. The van der Waals surface area contributed by atoms with Crippen LogP contribution in [0.3, 0.4) is 0 Å². The highest BCUT2D eigenvalue weighted by atomic mass is 16.2. The average molecular weight is 337 g/mol. The lowest BCUT2D eigenvalue weighted by Gasteiger charge is -2.19. The van der Waals surface area contributed by atoms with Crippen LogP contribution in [-0.2, 0) is 11.2 Å². The molecule has 0 radical (unpaired) electrons. The summed E-state index contributed by atoms with van der Waals surface area (Å²) in [4.78, 5) is 24.9. The standard InChI is InChI=1S/C20H23N3O2/c1-3-15(2)22-23-20(25)18(14-16-10-6-4-7-11-16)21-19(24)17-12-8-5-9-13-17/h4-13,18,22H,2-3,14H2,1H3,(H,21,24)(H,23,25). The van der Waals surface area contributed by atoms with Gasteiger partial charge < -0.3 is 10.7 Å². The molecule has 2 amide bonds. The van der Waals surface area contributed by atoms with E-state index >= 15 is 0 Å². The van der Waals surface area contributed by atoms with Gasteiger partial charge in [-0.25, -0.2) is 0 Å². The monoisotopic (exact) mass is 337 g/mol. The van der Waals surface area contributed by atoms with Crippen LogP contribution in [0.2, 0.25) is 0 Å². The van der Waals surface area contributed by atoms with E-state index in [1.54, 1.807) is 24.3 Å². The predicted molar refractivity (Wildman–Crippen MR) is 98.6 cm³/mol. The summed E-state index contributed by atoms with van der Waals surface area (Å²) in [6.07, 6.45) is 1.09. The number of rotatable bonds is 8. The Labute approximate surface area is 148 Å². The summed E-state index contributed by atoms with van der Waals surface area (Å²) in [6, 6.07) is 17.7. The van der Waals surface area contributed by atoms with Crippen molar-refractivity contribution in [2.75, 3.05) is 0 Å². The summed E-state index contributed by atoms with van der Waals surface area (Å²) in [6.45, 7) is 5.71. The molecule has 0 spiro atoms. The minimum absolute atomic E-state index is 0.286. The molecular formula is C20H23N3O2. The van der Waals surface area contributed by atoms with Gasteiger partial charge in [-0.2, -0.15) is 0 Å². The molecule has 130 valence electrons. The molecule has 1 atom stereocenters. The Morgan fingerprint density at radius 1 is 0.960 bits per heavy atom. The summed E-state index contributed by atoms with van der Waals surface area (Å²) < 4.78 is 0. The highest BCUT2D eigenvalue weighted by molar-refractivity contribution is 5.97. The number of nitrogens with one attached hydrogen (secondary N) is 3. The summed E-state index contributed by atoms with van der Waals surface area (Å²) in [7, 11) is 0. The van der Waals surface area contributed by atoms with Gasteiger partial charge in [-0.1, -0.05) is 62.0 Å². The van der Waals surface area contributed by atoms with Crippen molar-refractivity contribution in [3.63, 3.8) is 0 Å². The largest absolute Gasteiger partial charge is 0.340 e. The van der Waals surface area contributed by atoms with E-state index in [4.69, 9.17) is 0 Å². The number of hydrazine groups is 1. The fourth-order valence-electron chi connectivity index (χ4n) is 2.22. The second kappa shape index (κ2) is 9.27. The Morgan fingerprint density at radius 2 is 1.56 bits per heavy atom. The van der Waals surface area contributed by atoms with E-state index in [1.165, 1.54) is 0 Å². The second-order valence-corrected chi connectivity index (χ2v) is 5.65. The SMILES string of the molecule is C=C(CC)NNC(=O)C(Cc1ccccc1)NC(=O)c1ccccc1. The van der Waals surface area contributed by atoms with Crippen LogP contribution in [0.4, 0.5) is 0 Å². The van der Waals surface area contributed by atoms with Crippen LogP contribution in [0.25, 0.3) is 0 Å². The molecule has 0 aliphatic carbocycles. The maximum absolute atomic E-state index is 12.5. The molecule has 0 saturated heterocycles. The van der Waals surface area contributed by atoms with Crippen molar-refractivity contribution in [3.8, 4) is 0 Å². The van der Waals surface area contributed by atoms with Crippen molar-refractivity contribution in [1.82, 2.24) is 16.2 Å². The fourth-order valence-corrected chi connectivity index (χ4v) is 2.22. The average Bonchev–Trinajstić information content (AvgIpc) is 2.66. The summed E-state index contributed by atoms with van der Waals surface area (Å²) in [5, 5.41) is 2.80. The van der Waals surface area contributed by atoms with Gasteiger partial charge >= 0.3 is 0 Å². The summed E-state index contributed by atoms with van der Waals surface area (Å²) in [5.41, 5.74) is 7.55. The maximum atomic E-state index is 12.5. The second-order valence-electron chi connectivity index (χ2n) is 5.65. The Bertz CT molecular complexity index is 714. The molecule has 0 aliphatic rings. The molecule has 0 fully saturated rings. The van der Waals surface area contributed by atoms with Gasteiger partial charge in [0.25, 0.3) is 11.8 Å². The van der Waals surface area contributed by atoms with Gasteiger partial charge in [0, 0.05) is 17.7 Å². The van der Waals surface area contributed by atoms with Crippen molar-refractivity contribution in [2.45, 2.75) is 25.8 Å². The molecule has 2 aromatic rings. The lowest BCUT2D eigenvalue weighted by molar-refractivity contribution is -0.123. The van der Waals surface area contributed by atoms with Gasteiger partial charge in [0.05, 0.1) is 0 Å². The van der Waals surface area contributed by atoms with Gasteiger partial charge in [0.2, 0.25) is 0 Å². The van der Waals surface area contributed by atoms with E-state index in [0.29, 0.717) is 24.1 Å². The van der Waals surface area contributed by atoms with Gasteiger partial charge in [-0.15, -0.1) is 0 Å². The summed E-state index contributed by atoms with van der Waals surface area (Å²) in [5.74, 6) is -0.603. The smallest absolute Gasteiger partial charge is 0.261 e. The molecule has 25 heavy (non-hydrogen) atoms. The number of hydrogen-bond acceptors (Lipinski definition) is 3. The Kier molecular flexibility index (Phi) is 6.77. The third-order valence-corrected chi connectivity index (χ3v) is 3.73. The van der Waals surface area contributed by atoms with E-state index in [2.05, 4.69) is 22.7 Å². The first kappa shape index (κ1) is 18.3. The van der Waals surface area contributed by atoms with Crippen LogP contribution in [0, 0.1) is 0 Å². The third-order valence-electron chi connectivity index (χ3n) is 3.73. The normalized spacial score (nSPS) is 11.2. The maximum Gasteiger partial charge on any atom is 0.261 e. The molecule has 1 unspecified atom stereocenters. The van der Waals surface area contributed by atoms with E-state index in [-0.39, 0.29) is 11.8 Å². The van der Waals surface area contributed by atoms with Crippen LogP contribution < -0.4 is 16.2 Å². The molecule has 3 N–H and O–H groups in total. The van der Waals surface area contributed by atoms with Crippen LogP contribution in [-0.4, -0.2) is 17.9 Å². The highest BCUT2D eigenvalue weighted by Gasteiger charge is 2.21. The quantitative estimate of drug-likeness (QED) is 0.649. The number of benzene rings is 2. The van der Waals surface area contributed by atoms with E-state index in [0.717, 1.165) is 5.56 Å². The molecule has 0 heterocycles. The lowest BCUT2D eigenvalue weighted by atomic mass is 10.0. The van der Waals surface area contributed by atoms with Gasteiger partial charge in [0.1, 0.15) is 6.04 Å². The first-order valence-electron chi connectivity index (χ1n) is 8.23. The molecule has 0 aromatic heterocycles. The number of carbonyl (C=O) groups is 2.